The van der Waals surface area contributed by atoms with Crippen molar-refractivity contribution in [2.24, 2.45) is 0 Å². The summed E-state index contributed by atoms with van der Waals surface area (Å²) in [4.78, 5) is 39.3. The van der Waals surface area contributed by atoms with Gasteiger partial charge in [0, 0.05) is 18.0 Å². The first-order valence-electron chi connectivity index (χ1n) is 7.03. The Bertz CT molecular complexity index is 829. The number of nitrogens with zero attached hydrogens (tertiary/aromatic N) is 1. The number of H-pyrrole nitrogens is 1. The SMILES string of the molecule is Cc1cc(=O)[nH]cc1C(=O)NC1CN(c2ccc(F)cc2)C1=O. The Morgan fingerprint density at radius 1 is 1.30 bits per heavy atom. The molecule has 0 bridgehead atoms. The van der Waals surface area contributed by atoms with Crippen LogP contribution in [0.1, 0.15) is 15.9 Å². The zero-order valence-corrected chi connectivity index (χ0v) is 12.3. The van der Waals surface area contributed by atoms with E-state index in [-0.39, 0.29) is 17.3 Å². The maximum atomic E-state index is 12.9. The quantitative estimate of drug-likeness (QED) is 0.828. The molecule has 23 heavy (non-hydrogen) atoms. The van der Waals surface area contributed by atoms with Gasteiger partial charge in [-0.25, -0.2) is 4.39 Å². The fraction of sp³-hybridized carbons (Fsp3) is 0.188. The zero-order valence-electron chi connectivity index (χ0n) is 12.3. The van der Waals surface area contributed by atoms with Crippen LogP contribution in [0.3, 0.4) is 0 Å². The normalized spacial score (nSPS) is 16.9. The van der Waals surface area contributed by atoms with Gasteiger partial charge < -0.3 is 15.2 Å². The highest BCUT2D eigenvalue weighted by Gasteiger charge is 2.38. The van der Waals surface area contributed by atoms with Gasteiger partial charge in [0.2, 0.25) is 5.56 Å². The number of benzene rings is 1. The smallest absolute Gasteiger partial charge is 0.253 e. The molecule has 6 nitrogen and oxygen atoms in total. The van der Waals surface area contributed by atoms with E-state index < -0.39 is 11.9 Å². The predicted molar refractivity (Wildman–Crippen MR) is 81.8 cm³/mol. The van der Waals surface area contributed by atoms with Gasteiger partial charge in [-0.1, -0.05) is 0 Å². The van der Waals surface area contributed by atoms with Crippen molar-refractivity contribution in [1.29, 1.82) is 0 Å². The Morgan fingerprint density at radius 2 is 2.00 bits per heavy atom. The topological polar surface area (TPSA) is 82.3 Å². The largest absolute Gasteiger partial charge is 0.338 e. The van der Waals surface area contributed by atoms with Gasteiger partial charge >= 0.3 is 0 Å². The highest BCUT2D eigenvalue weighted by atomic mass is 19.1. The molecule has 0 spiro atoms. The molecule has 1 unspecified atom stereocenters. The summed E-state index contributed by atoms with van der Waals surface area (Å²) in [6, 6.07) is 6.27. The van der Waals surface area contributed by atoms with Crippen molar-refractivity contribution in [3.05, 3.63) is 63.8 Å². The van der Waals surface area contributed by atoms with E-state index in [4.69, 9.17) is 0 Å². The van der Waals surface area contributed by atoms with Gasteiger partial charge in [0.25, 0.3) is 11.8 Å². The van der Waals surface area contributed by atoms with E-state index in [9.17, 15) is 18.8 Å². The summed E-state index contributed by atoms with van der Waals surface area (Å²) in [5.74, 6) is -1.05. The Hall–Kier alpha value is -2.96. The second kappa shape index (κ2) is 5.68. The molecule has 0 radical (unpaired) electrons. The molecule has 1 aromatic heterocycles. The number of hydrogen-bond acceptors (Lipinski definition) is 3. The molecule has 118 valence electrons. The molecule has 0 aliphatic carbocycles. The van der Waals surface area contributed by atoms with E-state index in [0.717, 1.165) is 0 Å². The molecule has 2 amide bonds. The number of amides is 2. The summed E-state index contributed by atoms with van der Waals surface area (Å²) in [7, 11) is 0. The first-order valence-corrected chi connectivity index (χ1v) is 7.03. The van der Waals surface area contributed by atoms with Crippen molar-refractivity contribution in [1.82, 2.24) is 10.3 Å². The monoisotopic (exact) mass is 315 g/mol. The van der Waals surface area contributed by atoms with Gasteiger partial charge in [-0.15, -0.1) is 0 Å². The molecule has 2 aromatic rings. The Morgan fingerprint density at radius 3 is 2.61 bits per heavy atom. The van der Waals surface area contributed by atoms with Gasteiger partial charge in [-0.2, -0.15) is 0 Å². The van der Waals surface area contributed by atoms with Crippen molar-refractivity contribution < 1.29 is 14.0 Å². The fourth-order valence-corrected chi connectivity index (χ4v) is 2.44. The molecule has 1 atom stereocenters. The molecule has 1 saturated heterocycles. The third kappa shape index (κ3) is 2.85. The van der Waals surface area contributed by atoms with E-state index in [1.54, 1.807) is 6.92 Å². The summed E-state index contributed by atoms with van der Waals surface area (Å²) < 4.78 is 12.9. The van der Waals surface area contributed by atoms with Gasteiger partial charge in [0.1, 0.15) is 11.9 Å². The van der Waals surface area contributed by atoms with Crippen LogP contribution in [0.25, 0.3) is 0 Å². The van der Waals surface area contributed by atoms with Crippen LogP contribution in [0.2, 0.25) is 0 Å². The third-order valence-corrected chi connectivity index (χ3v) is 3.75. The van der Waals surface area contributed by atoms with Crippen molar-refractivity contribution in [3.63, 3.8) is 0 Å². The minimum atomic E-state index is -0.626. The highest BCUT2D eigenvalue weighted by molar-refractivity contribution is 6.07. The van der Waals surface area contributed by atoms with Crippen LogP contribution in [-0.2, 0) is 4.79 Å². The van der Waals surface area contributed by atoms with E-state index in [1.807, 2.05) is 0 Å². The molecule has 2 N–H and O–H groups in total. The van der Waals surface area contributed by atoms with Gasteiger partial charge in [-0.05, 0) is 36.8 Å². The van der Waals surface area contributed by atoms with Crippen LogP contribution in [0.4, 0.5) is 10.1 Å². The molecule has 7 heteroatoms. The molecule has 3 rings (SSSR count). The van der Waals surface area contributed by atoms with Crippen molar-refractivity contribution in [3.8, 4) is 0 Å². The highest BCUT2D eigenvalue weighted by Crippen LogP contribution is 2.22. The van der Waals surface area contributed by atoms with Crippen LogP contribution in [-0.4, -0.2) is 29.4 Å². The molecule has 1 fully saturated rings. The molecular formula is C16H14FN3O3. The lowest BCUT2D eigenvalue weighted by Gasteiger charge is -2.38. The Labute approximate surface area is 130 Å². The van der Waals surface area contributed by atoms with E-state index in [0.29, 0.717) is 23.4 Å². The number of hydrogen-bond donors (Lipinski definition) is 2. The number of aryl methyl sites for hydroxylation is 1. The second-order valence-corrected chi connectivity index (χ2v) is 5.35. The lowest BCUT2D eigenvalue weighted by Crippen LogP contribution is -2.64. The van der Waals surface area contributed by atoms with Crippen molar-refractivity contribution in [2.75, 3.05) is 11.4 Å². The van der Waals surface area contributed by atoms with Crippen LogP contribution in [0.5, 0.6) is 0 Å². The molecule has 0 saturated carbocycles. The zero-order chi connectivity index (χ0) is 16.6. The van der Waals surface area contributed by atoms with Crippen LogP contribution in [0, 0.1) is 12.7 Å². The average Bonchev–Trinajstić information content (AvgIpc) is 2.51. The minimum absolute atomic E-state index is 0.257. The lowest BCUT2D eigenvalue weighted by atomic mass is 10.0. The van der Waals surface area contributed by atoms with Gasteiger partial charge in [-0.3, -0.25) is 14.4 Å². The van der Waals surface area contributed by atoms with E-state index in [1.165, 1.54) is 41.4 Å². The number of β-lactam (4-membered cyclic amide) rings is 1. The van der Waals surface area contributed by atoms with Gasteiger partial charge in [0.05, 0.1) is 12.1 Å². The standard InChI is InChI=1S/C16H14FN3O3/c1-9-6-14(21)18-7-12(9)15(22)19-13-8-20(16(13)23)11-4-2-10(17)3-5-11/h2-7,13H,8H2,1H3,(H,18,21)(H,19,22). The number of carbonyl (C=O) groups is 2. The van der Waals surface area contributed by atoms with E-state index in [2.05, 4.69) is 10.3 Å². The number of aromatic nitrogens is 1. The maximum absolute atomic E-state index is 12.9. The Kier molecular flexibility index (Phi) is 3.69. The van der Waals surface area contributed by atoms with Crippen LogP contribution in [0.15, 0.2) is 41.3 Å². The molecule has 1 aromatic carbocycles. The number of aromatic amines is 1. The Balaban J connectivity index is 1.66. The number of rotatable bonds is 3. The second-order valence-electron chi connectivity index (χ2n) is 5.35. The summed E-state index contributed by atoms with van der Waals surface area (Å²) >= 11 is 0. The molecule has 2 heterocycles. The van der Waals surface area contributed by atoms with Crippen LogP contribution >= 0.6 is 0 Å². The summed E-state index contributed by atoms with van der Waals surface area (Å²) in [6.45, 7) is 1.97. The maximum Gasteiger partial charge on any atom is 0.253 e. The number of carbonyl (C=O) groups excluding carboxylic acids is 2. The summed E-state index contributed by atoms with van der Waals surface area (Å²) in [6.07, 6.45) is 1.33. The van der Waals surface area contributed by atoms with Crippen molar-refractivity contribution >= 4 is 17.5 Å². The molecule has 1 aliphatic heterocycles. The van der Waals surface area contributed by atoms with Crippen molar-refractivity contribution in [2.45, 2.75) is 13.0 Å². The number of nitrogens with one attached hydrogen (secondary N) is 2. The number of pyridine rings is 1. The molecular weight excluding hydrogens is 301 g/mol. The molecule has 1 aliphatic rings. The number of anilines is 1. The predicted octanol–water partition coefficient (Wildman–Crippen LogP) is 0.968. The minimum Gasteiger partial charge on any atom is -0.338 e. The first kappa shape index (κ1) is 15.0. The van der Waals surface area contributed by atoms with Gasteiger partial charge in [0.15, 0.2) is 0 Å². The average molecular weight is 315 g/mol. The van der Waals surface area contributed by atoms with E-state index >= 15 is 0 Å². The lowest BCUT2D eigenvalue weighted by molar-refractivity contribution is -0.124. The third-order valence-electron chi connectivity index (χ3n) is 3.75. The summed E-state index contributed by atoms with van der Waals surface area (Å²) in [5, 5.41) is 2.63. The fourth-order valence-electron chi connectivity index (χ4n) is 2.44. The first-order chi connectivity index (χ1) is 11.0. The number of halogens is 1. The van der Waals surface area contributed by atoms with Crippen LogP contribution < -0.4 is 15.8 Å². The summed E-state index contributed by atoms with van der Waals surface area (Å²) in [5.41, 5.74) is 1.15.